The number of benzene rings is 1. The highest BCUT2D eigenvalue weighted by Gasteiger charge is 2.14. The van der Waals surface area contributed by atoms with Crippen LogP contribution in [0.5, 0.6) is 0 Å². The van der Waals surface area contributed by atoms with Gasteiger partial charge in [-0.05, 0) is 42.7 Å². The average molecular weight is 300 g/mol. The summed E-state index contributed by atoms with van der Waals surface area (Å²) in [6.45, 7) is 17.4. The first-order chi connectivity index (χ1) is 10.5. The maximum Gasteiger partial charge on any atom is 0.0473 e. The average Bonchev–Trinajstić information content (AvgIpc) is 2.51. The van der Waals surface area contributed by atoms with E-state index < -0.39 is 0 Å². The van der Waals surface area contributed by atoms with Crippen LogP contribution in [0.4, 0.5) is 0 Å². The van der Waals surface area contributed by atoms with Crippen molar-refractivity contribution in [2.75, 3.05) is 0 Å². The van der Waals surface area contributed by atoms with Crippen LogP contribution in [0.15, 0.2) is 43.0 Å². The number of nitrogens with one attached hydrogen (secondary N) is 1. The lowest BCUT2D eigenvalue weighted by molar-refractivity contribution is 0.495. The Labute approximate surface area is 137 Å². The fraction of sp³-hybridized carbons (Fsp3) is 0.524. The Morgan fingerprint density at radius 3 is 2.23 bits per heavy atom. The van der Waals surface area contributed by atoms with E-state index in [0.29, 0.717) is 12.0 Å². The minimum atomic E-state index is 0.317. The summed E-state index contributed by atoms with van der Waals surface area (Å²) in [6.07, 6.45) is 5.77. The highest BCUT2D eigenvalue weighted by molar-refractivity contribution is 5.62. The largest absolute Gasteiger partial charge is 0.379 e. The minimum Gasteiger partial charge on any atom is -0.379 e. The first-order valence-electron chi connectivity index (χ1n) is 8.70. The van der Waals surface area contributed by atoms with Crippen molar-refractivity contribution in [3.63, 3.8) is 0 Å². The van der Waals surface area contributed by atoms with Crippen molar-refractivity contribution in [1.29, 1.82) is 0 Å². The zero-order valence-electron chi connectivity index (χ0n) is 14.9. The highest BCUT2D eigenvalue weighted by Crippen LogP contribution is 2.19. The van der Waals surface area contributed by atoms with E-state index >= 15 is 0 Å². The quantitative estimate of drug-likeness (QED) is 0.525. The Balaban J connectivity index is 2.70. The van der Waals surface area contributed by atoms with Gasteiger partial charge in [-0.25, -0.2) is 0 Å². The Hall–Kier alpha value is -1.50. The zero-order valence-corrected chi connectivity index (χ0v) is 14.9. The van der Waals surface area contributed by atoms with Gasteiger partial charge in [-0.2, -0.15) is 0 Å². The Morgan fingerprint density at radius 1 is 1.09 bits per heavy atom. The van der Waals surface area contributed by atoms with E-state index in [-0.39, 0.29) is 0 Å². The first-order valence-corrected chi connectivity index (χ1v) is 8.70. The summed E-state index contributed by atoms with van der Waals surface area (Å²) in [5.41, 5.74) is 4.85. The second-order valence-corrected chi connectivity index (χ2v) is 6.62. The SMILES string of the molecule is C=C(NC(CC(C)C)C(=C)CC)c1ccc(CCCC)cc1. The zero-order chi connectivity index (χ0) is 16.5. The van der Waals surface area contributed by atoms with Gasteiger partial charge in [-0.1, -0.05) is 77.1 Å². The molecule has 1 unspecified atom stereocenters. The third-order valence-electron chi connectivity index (χ3n) is 4.12. The molecule has 0 aromatic heterocycles. The summed E-state index contributed by atoms with van der Waals surface area (Å²) in [4.78, 5) is 0. The van der Waals surface area contributed by atoms with Gasteiger partial charge in [-0.3, -0.25) is 0 Å². The molecule has 0 saturated carbocycles. The van der Waals surface area contributed by atoms with Gasteiger partial charge in [0.15, 0.2) is 0 Å². The molecule has 1 rings (SSSR count). The normalized spacial score (nSPS) is 12.2. The van der Waals surface area contributed by atoms with Crippen molar-refractivity contribution in [2.45, 2.75) is 65.8 Å². The molecule has 0 bridgehead atoms. The fourth-order valence-corrected chi connectivity index (χ4v) is 2.59. The van der Waals surface area contributed by atoms with Crippen LogP contribution in [0.25, 0.3) is 5.70 Å². The van der Waals surface area contributed by atoms with Gasteiger partial charge in [0, 0.05) is 11.7 Å². The molecule has 1 N–H and O–H groups in total. The lowest BCUT2D eigenvalue weighted by atomic mass is 9.95. The van der Waals surface area contributed by atoms with Crippen molar-refractivity contribution in [3.05, 3.63) is 54.1 Å². The lowest BCUT2D eigenvalue weighted by Crippen LogP contribution is -2.30. The predicted octanol–water partition coefficient (Wildman–Crippen LogP) is 5.97. The van der Waals surface area contributed by atoms with E-state index in [4.69, 9.17) is 0 Å². The van der Waals surface area contributed by atoms with E-state index in [1.165, 1.54) is 36.0 Å². The van der Waals surface area contributed by atoms with Crippen molar-refractivity contribution >= 4 is 5.70 Å². The van der Waals surface area contributed by atoms with Crippen LogP contribution in [0.2, 0.25) is 0 Å². The van der Waals surface area contributed by atoms with Gasteiger partial charge in [0.25, 0.3) is 0 Å². The van der Waals surface area contributed by atoms with Crippen LogP contribution in [0.3, 0.4) is 0 Å². The molecule has 1 nitrogen and oxygen atoms in total. The molecule has 22 heavy (non-hydrogen) atoms. The number of unbranched alkanes of at least 4 members (excludes halogenated alkanes) is 1. The van der Waals surface area contributed by atoms with Crippen LogP contribution >= 0.6 is 0 Å². The topological polar surface area (TPSA) is 12.0 Å². The van der Waals surface area contributed by atoms with Crippen LogP contribution in [-0.4, -0.2) is 6.04 Å². The van der Waals surface area contributed by atoms with Gasteiger partial charge in [-0.15, -0.1) is 0 Å². The number of aryl methyl sites for hydroxylation is 1. The van der Waals surface area contributed by atoms with Gasteiger partial charge < -0.3 is 5.32 Å². The number of hydrogen-bond donors (Lipinski definition) is 1. The van der Waals surface area contributed by atoms with E-state index in [9.17, 15) is 0 Å². The molecule has 0 fully saturated rings. The van der Waals surface area contributed by atoms with Crippen molar-refractivity contribution in [1.82, 2.24) is 5.32 Å². The molecule has 1 atom stereocenters. The van der Waals surface area contributed by atoms with Crippen molar-refractivity contribution in [3.8, 4) is 0 Å². The molecule has 0 aliphatic carbocycles. The van der Waals surface area contributed by atoms with E-state index in [1.807, 2.05) is 0 Å². The van der Waals surface area contributed by atoms with E-state index in [2.05, 4.69) is 70.4 Å². The molecular formula is C21H33N. The summed E-state index contributed by atoms with van der Waals surface area (Å²) < 4.78 is 0. The smallest absolute Gasteiger partial charge is 0.0473 e. The number of rotatable bonds is 10. The second kappa shape index (κ2) is 9.50. The molecule has 1 aromatic rings. The summed E-state index contributed by atoms with van der Waals surface area (Å²) >= 11 is 0. The van der Waals surface area contributed by atoms with Gasteiger partial charge >= 0.3 is 0 Å². The van der Waals surface area contributed by atoms with E-state index in [0.717, 1.165) is 18.5 Å². The molecule has 0 amide bonds. The third kappa shape index (κ3) is 6.09. The van der Waals surface area contributed by atoms with Gasteiger partial charge in [0.2, 0.25) is 0 Å². The monoisotopic (exact) mass is 299 g/mol. The maximum atomic E-state index is 4.23. The van der Waals surface area contributed by atoms with Gasteiger partial charge in [0.05, 0.1) is 0 Å². The van der Waals surface area contributed by atoms with Crippen LogP contribution < -0.4 is 5.32 Å². The molecule has 0 saturated heterocycles. The summed E-state index contributed by atoms with van der Waals surface area (Å²) in [7, 11) is 0. The highest BCUT2D eigenvalue weighted by atomic mass is 14.9. The molecular weight excluding hydrogens is 266 g/mol. The summed E-state index contributed by atoms with van der Waals surface area (Å²) in [6, 6.07) is 9.13. The predicted molar refractivity (Wildman–Crippen MR) is 99.9 cm³/mol. The van der Waals surface area contributed by atoms with Crippen LogP contribution in [0.1, 0.15) is 64.5 Å². The molecule has 1 heteroatoms. The van der Waals surface area contributed by atoms with Crippen LogP contribution in [0, 0.1) is 5.92 Å². The first kappa shape index (κ1) is 18.5. The van der Waals surface area contributed by atoms with Crippen LogP contribution in [-0.2, 0) is 6.42 Å². The summed E-state index contributed by atoms with van der Waals surface area (Å²) in [5.74, 6) is 0.644. The van der Waals surface area contributed by atoms with Crippen molar-refractivity contribution in [2.24, 2.45) is 5.92 Å². The molecule has 0 heterocycles. The molecule has 0 aliphatic rings. The lowest BCUT2D eigenvalue weighted by Gasteiger charge is -2.25. The molecule has 1 aromatic carbocycles. The summed E-state index contributed by atoms with van der Waals surface area (Å²) in [5, 5.41) is 3.58. The van der Waals surface area contributed by atoms with E-state index in [1.54, 1.807) is 0 Å². The molecule has 0 radical (unpaired) electrons. The Bertz CT molecular complexity index is 467. The second-order valence-electron chi connectivity index (χ2n) is 6.62. The maximum absolute atomic E-state index is 4.23. The standard InChI is InChI=1S/C21H33N/c1-7-9-10-19-11-13-20(14-12-19)18(6)22-21(15-16(3)4)17(5)8-2/h11-14,16,21-22H,5-10,15H2,1-4H3. The Morgan fingerprint density at radius 2 is 1.73 bits per heavy atom. The van der Waals surface area contributed by atoms with Gasteiger partial charge in [0.1, 0.15) is 0 Å². The fourth-order valence-electron chi connectivity index (χ4n) is 2.59. The third-order valence-corrected chi connectivity index (χ3v) is 4.12. The minimum absolute atomic E-state index is 0.317. The Kier molecular flexibility index (Phi) is 8.01. The molecule has 0 spiro atoms. The van der Waals surface area contributed by atoms with Crippen molar-refractivity contribution < 1.29 is 0 Å². The molecule has 122 valence electrons. The number of hydrogen-bond acceptors (Lipinski definition) is 1. The molecule has 0 aliphatic heterocycles.